The summed E-state index contributed by atoms with van der Waals surface area (Å²) in [5.74, 6) is -7.69. The number of rotatable bonds is 58. The molecule has 0 aromatic heterocycles. The molecule has 0 aromatic rings. The van der Waals surface area contributed by atoms with Crippen LogP contribution >= 0.6 is 0 Å². The second kappa shape index (κ2) is 59.3. The molecule has 18 atom stereocenters. The molecule has 0 saturated carbocycles. The average molecular weight is 1890 g/mol. The predicted octanol–water partition coefficient (Wildman–Crippen LogP) is 7.02. The van der Waals surface area contributed by atoms with Crippen molar-refractivity contribution in [2.24, 2.45) is 64.9 Å². The molecule has 5 aliphatic heterocycles. The molecule has 0 spiro atoms. The maximum atomic E-state index is 14.3. The zero-order valence-corrected chi connectivity index (χ0v) is 85.3. The Morgan fingerprint density at radius 2 is 0.806 bits per heavy atom. The van der Waals surface area contributed by atoms with Gasteiger partial charge in [0.1, 0.15) is 0 Å². The number of nitrogens with one attached hydrogen (secondary N) is 3. The van der Waals surface area contributed by atoms with Crippen molar-refractivity contribution in [2.45, 2.75) is 325 Å². The smallest absolute Gasteiger partial charge is 0.335 e. The molecule has 0 radical (unpaired) electrons. The van der Waals surface area contributed by atoms with Gasteiger partial charge in [0.05, 0.1) is 104 Å². The van der Waals surface area contributed by atoms with Gasteiger partial charge < -0.3 is 65.1 Å². The molecule has 36 nitrogen and oxygen atoms in total. The Bertz CT molecular complexity index is 3910. The molecule has 0 aromatic carbocycles. The van der Waals surface area contributed by atoms with Crippen LogP contribution in [0.25, 0.3) is 0 Å². The van der Waals surface area contributed by atoms with Gasteiger partial charge in [0, 0.05) is 156 Å². The molecule has 5 N–H and O–H groups in total. The van der Waals surface area contributed by atoms with E-state index >= 15 is 0 Å². The summed E-state index contributed by atoms with van der Waals surface area (Å²) in [5.41, 5.74) is 5.55. The van der Waals surface area contributed by atoms with E-state index in [0.29, 0.717) is 69.8 Å². The Balaban J connectivity index is 0.000000581. The van der Waals surface area contributed by atoms with Gasteiger partial charge in [-0.3, -0.25) is 101 Å². The Morgan fingerprint density at radius 1 is 0.448 bits per heavy atom. The van der Waals surface area contributed by atoms with Crippen molar-refractivity contribution in [3.63, 3.8) is 0 Å². The van der Waals surface area contributed by atoms with Crippen LogP contribution in [-0.4, -0.2) is 333 Å². The standard InChI is InChI=1S/C47H80N6O10.C40H75N5O7.C11H10N2O6/c1-14-31(6)44(51(11)47(61)34(29(2)3)27-37(55)43(30(4)5)50(9)10)38(62-12)28-42(59)52-25-18-19-35(52)45(63-13)32(7)46(60)49-33(8)36(54)20-16-15-17-24-48-39(56)23-26-53-40(57)21-22-41(53)58;1-14-27(6)37(44(11)40(50)30(25(2)3)23-33(47)36(26(4)5)43(9)10)34(51-12)24-35(48)45-22-18-19-31(45)38(52-13)28(7)39(49)42-29(8)32(46)20-16-15-17-21-41;14-7-1-2-8(15)12(7)6-5-11(18)19-13-9(16)3-4-10(13)17/h21-22,29-35,38,43-45H,14-20,23-28H2,1-13H3,(H,48,56)(H,49,60);25-31,34,36-38H,14-24,41H2,1-13H3,(H,42,49);1-2H,3-6H2/t31-,32+,33-,34-,35-,38+,43-,44-,45+;27-,28+,29-,30-,31-,34+,36-,37-,38+;/m00./s1. The third-order valence-electron chi connectivity index (χ3n) is 27.0. The zero-order chi connectivity index (χ0) is 102. The fraction of sp³-hybridized carbons (Fsp3) is 0.776. The van der Waals surface area contributed by atoms with E-state index in [1.165, 1.54) is 19.3 Å². The summed E-state index contributed by atoms with van der Waals surface area (Å²) >= 11 is 0. The molecule has 36 heteroatoms. The number of ketones is 4. The van der Waals surface area contributed by atoms with E-state index < -0.39 is 120 Å². The van der Waals surface area contributed by atoms with Gasteiger partial charge in [0.15, 0.2) is 23.1 Å². The summed E-state index contributed by atoms with van der Waals surface area (Å²) in [4.78, 5) is 246. The monoisotopic (exact) mass is 1890 g/mol. The van der Waals surface area contributed by atoms with Gasteiger partial charge in [-0.05, 0) is 135 Å². The van der Waals surface area contributed by atoms with E-state index in [1.54, 1.807) is 82.7 Å². The largest absolute Gasteiger partial charge is 0.379 e. The number of ether oxygens (including phenoxy) is 4. The normalized spacial score (nSPS) is 19.3. The number of nitrogens with two attached hydrogens (primary N) is 1. The molecule has 0 unspecified atom stereocenters. The Hall–Kier alpha value is -8.94. The lowest BCUT2D eigenvalue weighted by Gasteiger charge is -2.41. The summed E-state index contributed by atoms with van der Waals surface area (Å²) < 4.78 is 23.9. The Labute approximate surface area is 796 Å². The van der Waals surface area contributed by atoms with Crippen molar-refractivity contribution in [1.82, 2.24) is 60.2 Å². The molecule has 5 heterocycles. The van der Waals surface area contributed by atoms with Crippen LogP contribution in [0.3, 0.4) is 0 Å². The molecule has 13 amide bonds. The summed E-state index contributed by atoms with van der Waals surface area (Å²) in [5, 5.41) is 8.91. The van der Waals surface area contributed by atoms with Gasteiger partial charge in [0.2, 0.25) is 41.4 Å². The van der Waals surface area contributed by atoms with E-state index in [-0.39, 0.29) is 189 Å². The van der Waals surface area contributed by atoms with Crippen molar-refractivity contribution >= 4 is 106 Å². The first-order valence-electron chi connectivity index (χ1n) is 48.4. The average Bonchev–Trinajstić information content (AvgIpc) is 1.60. The number of hydrogen-bond acceptors (Lipinski definition) is 26. The van der Waals surface area contributed by atoms with Crippen molar-refractivity contribution in [3.05, 3.63) is 24.3 Å². The number of carbonyl (C=O) groups excluding carboxylic acids is 18. The summed E-state index contributed by atoms with van der Waals surface area (Å²) in [6.45, 7) is 32.9. The molecule has 0 bridgehead atoms. The summed E-state index contributed by atoms with van der Waals surface area (Å²) in [7, 11) is 17.3. The molecule has 760 valence electrons. The quantitative estimate of drug-likeness (QED) is 0.0351. The van der Waals surface area contributed by atoms with Crippen LogP contribution in [0.15, 0.2) is 24.3 Å². The van der Waals surface area contributed by atoms with Crippen LogP contribution in [-0.2, 0) is 110 Å². The number of carbonyl (C=O) groups is 18. The minimum absolute atomic E-state index is 0.00980. The molecule has 3 saturated heterocycles. The molecule has 0 aliphatic carbocycles. The lowest BCUT2D eigenvalue weighted by atomic mass is 9.83. The minimum atomic E-state index is -0.851. The predicted molar refractivity (Wildman–Crippen MR) is 505 cm³/mol. The van der Waals surface area contributed by atoms with Crippen molar-refractivity contribution < 1.29 is 110 Å². The fourth-order valence-electron chi connectivity index (χ4n) is 18.9. The number of hydrogen-bond donors (Lipinski definition) is 4. The topological polar surface area (TPSA) is 445 Å². The van der Waals surface area contributed by atoms with Gasteiger partial charge in [-0.1, -0.05) is 123 Å². The number of methoxy groups -OCH3 is 4. The number of imide groups is 3. The van der Waals surface area contributed by atoms with Crippen LogP contribution in [0.5, 0.6) is 0 Å². The molecular weight excluding hydrogens is 1730 g/mol. The minimum Gasteiger partial charge on any atom is -0.379 e. The van der Waals surface area contributed by atoms with E-state index in [2.05, 4.69) is 34.6 Å². The third kappa shape index (κ3) is 35.6. The first-order chi connectivity index (χ1) is 63.0. The number of hydroxylamine groups is 2. The van der Waals surface area contributed by atoms with Crippen LogP contribution in [0.4, 0.5) is 0 Å². The highest BCUT2D eigenvalue weighted by atomic mass is 16.7. The third-order valence-corrected chi connectivity index (χ3v) is 27.0. The fourth-order valence-corrected chi connectivity index (χ4v) is 18.9. The number of likely N-dealkylation sites (N-methyl/N-ethyl adjacent to an activating group) is 4. The van der Waals surface area contributed by atoms with E-state index in [0.717, 1.165) is 66.9 Å². The van der Waals surface area contributed by atoms with Crippen molar-refractivity contribution in [1.29, 1.82) is 0 Å². The second-order valence-electron chi connectivity index (χ2n) is 38.5. The van der Waals surface area contributed by atoms with Crippen LogP contribution in [0.2, 0.25) is 0 Å². The van der Waals surface area contributed by atoms with Crippen LogP contribution in [0.1, 0.15) is 252 Å². The SMILES string of the molecule is CC[C@H](C)[C@@H]([C@@H](CC(=O)N1CCC[C@H]1[C@H](OC)[C@@H](C)C(=O)N[C@@H](C)C(=O)CCCCCN)OC)N(C)C(=O)[C@@H](CC(=O)[C@H](C(C)C)N(C)C)C(C)C.CC[C@H](C)[C@@H]([C@@H](CC(=O)N1CCC[C@H]1[C@H](OC)[C@@H](C)C(=O)N[C@@H](C)C(=O)CCCCCNC(=O)CCN1C(=O)C=CC1=O)OC)N(C)C(=O)[C@@H](CC(=O)[C@H](C(C)C)N(C)C)C(C)C.O=C(CCN1C(=O)C=CC1=O)ON1C(=O)CCC1=O. The lowest BCUT2D eigenvalue weighted by Crippen LogP contribution is -2.54. The van der Waals surface area contributed by atoms with Crippen molar-refractivity contribution in [3.8, 4) is 0 Å². The Kier molecular flexibility index (Phi) is 52.7. The molecule has 5 aliphatic rings. The summed E-state index contributed by atoms with van der Waals surface area (Å²) in [6.07, 6.45) is 11.5. The van der Waals surface area contributed by atoms with Gasteiger partial charge >= 0.3 is 5.97 Å². The molecular formula is C98H165N13O23. The maximum absolute atomic E-state index is 14.3. The van der Waals surface area contributed by atoms with Gasteiger partial charge in [-0.15, -0.1) is 5.06 Å². The first-order valence-corrected chi connectivity index (χ1v) is 48.4. The maximum Gasteiger partial charge on any atom is 0.335 e. The number of unbranched alkanes of at least 4 members (excludes halogenated alkanes) is 4. The second-order valence-corrected chi connectivity index (χ2v) is 38.5. The van der Waals surface area contributed by atoms with Gasteiger partial charge in [-0.25, -0.2) is 4.79 Å². The Morgan fingerprint density at radius 3 is 1.13 bits per heavy atom. The van der Waals surface area contributed by atoms with Crippen LogP contribution < -0.4 is 21.7 Å². The number of nitrogens with zero attached hydrogens (tertiary/aromatic N) is 9. The summed E-state index contributed by atoms with van der Waals surface area (Å²) in [6, 6.07) is -3.52. The van der Waals surface area contributed by atoms with Gasteiger partial charge in [0.25, 0.3) is 35.4 Å². The highest BCUT2D eigenvalue weighted by Crippen LogP contribution is 2.35. The molecule has 134 heavy (non-hydrogen) atoms. The number of likely N-dealkylation sites (tertiary alicyclic amines) is 2. The highest BCUT2D eigenvalue weighted by molar-refractivity contribution is 6.14. The van der Waals surface area contributed by atoms with Crippen LogP contribution in [0, 0.1) is 59.2 Å². The number of Topliss-reactive ketones (excluding diaryl/α,β-unsaturated/α-hetero) is 4. The van der Waals surface area contributed by atoms with E-state index in [1.807, 2.05) is 107 Å². The van der Waals surface area contributed by atoms with E-state index in [4.69, 9.17) is 24.7 Å². The number of amides is 13. The first kappa shape index (κ1) is 119. The van der Waals surface area contributed by atoms with E-state index in [9.17, 15) is 86.3 Å². The molecule has 3 fully saturated rings. The lowest BCUT2D eigenvalue weighted by molar-refractivity contribution is -0.197. The zero-order valence-electron chi connectivity index (χ0n) is 85.3. The van der Waals surface area contributed by atoms with Gasteiger partial charge in [-0.2, -0.15) is 0 Å². The highest BCUT2D eigenvalue weighted by Gasteiger charge is 2.47. The molecule has 5 rings (SSSR count). The van der Waals surface area contributed by atoms with Crippen molar-refractivity contribution in [2.75, 3.05) is 110 Å².